The Morgan fingerprint density at radius 3 is 2.30 bits per heavy atom. The van der Waals surface area contributed by atoms with Gasteiger partial charge in [-0.1, -0.05) is 18.2 Å². The molecule has 3 amide bonds. The second kappa shape index (κ2) is 10.5. The van der Waals surface area contributed by atoms with Gasteiger partial charge in [-0.15, -0.1) is 0 Å². The van der Waals surface area contributed by atoms with Crippen LogP contribution in [-0.4, -0.2) is 24.3 Å². The lowest BCUT2D eigenvalue weighted by Crippen LogP contribution is -2.25. The number of rotatable bonds is 8. The zero-order chi connectivity index (χ0) is 23.8. The van der Waals surface area contributed by atoms with E-state index in [1.165, 1.54) is 24.5 Å². The molecule has 0 atom stereocenters. The summed E-state index contributed by atoms with van der Waals surface area (Å²) in [7, 11) is 0. The summed E-state index contributed by atoms with van der Waals surface area (Å²) in [5.74, 6) is -1.70. The lowest BCUT2D eigenvalue weighted by atomic mass is 10.1. The van der Waals surface area contributed by atoms with Gasteiger partial charge in [-0.3, -0.25) is 14.4 Å². The Balaban J connectivity index is 1.57. The largest absolute Gasteiger partial charge is 0.459 e. The highest BCUT2D eigenvalue weighted by molar-refractivity contribution is 6.02. The van der Waals surface area contributed by atoms with Crippen molar-refractivity contribution in [3.05, 3.63) is 83.8 Å². The summed E-state index contributed by atoms with van der Waals surface area (Å²) in [6.07, 6.45) is -3.36. The molecule has 3 N–H and O–H groups in total. The monoisotopic (exact) mass is 459 g/mol. The minimum absolute atomic E-state index is 0.0553. The van der Waals surface area contributed by atoms with Crippen LogP contribution in [-0.2, 0) is 11.0 Å². The smallest absolute Gasteiger partial charge is 0.418 e. The van der Waals surface area contributed by atoms with Crippen LogP contribution in [0, 0.1) is 0 Å². The Morgan fingerprint density at radius 1 is 0.879 bits per heavy atom. The van der Waals surface area contributed by atoms with Crippen molar-refractivity contribution >= 4 is 29.1 Å². The molecule has 0 aliphatic rings. The van der Waals surface area contributed by atoms with E-state index in [1.54, 1.807) is 30.3 Å². The number of anilines is 2. The molecule has 0 saturated heterocycles. The maximum atomic E-state index is 13.5. The van der Waals surface area contributed by atoms with E-state index in [1.807, 2.05) is 0 Å². The molecule has 0 bridgehead atoms. The average molecular weight is 459 g/mol. The molecule has 1 heterocycles. The molecule has 0 aliphatic heterocycles. The van der Waals surface area contributed by atoms with Gasteiger partial charge in [0.1, 0.15) is 0 Å². The van der Waals surface area contributed by atoms with E-state index < -0.39 is 29.2 Å². The summed E-state index contributed by atoms with van der Waals surface area (Å²) < 4.78 is 45.5. The van der Waals surface area contributed by atoms with Crippen LogP contribution >= 0.6 is 0 Å². The second-order valence-corrected chi connectivity index (χ2v) is 6.96. The summed E-state index contributed by atoms with van der Waals surface area (Å²) in [6.45, 7) is 0.186. The fourth-order valence-corrected chi connectivity index (χ4v) is 2.92. The zero-order valence-electron chi connectivity index (χ0n) is 17.2. The molecule has 0 fully saturated rings. The van der Waals surface area contributed by atoms with Crippen molar-refractivity contribution in [3.63, 3.8) is 0 Å². The molecule has 10 heteroatoms. The number of benzene rings is 2. The number of alkyl halides is 3. The van der Waals surface area contributed by atoms with Crippen LogP contribution in [0.4, 0.5) is 24.5 Å². The van der Waals surface area contributed by atoms with Gasteiger partial charge >= 0.3 is 6.18 Å². The summed E-state index contributed by atoms with van der Waals surface area (Å²) in [5.41, 5.74) is -1.18. The number of hydrogen-bond donors (Lipinski definition) is 3. The van der Waals surface area contributed by atoms with E-state index in [-0.39, 0.29) is 36.7 Å². The molecular weight excluding hydrogens is 439 g/mol. The number of carbonyl (C=O) groups excluding carboxylic acids is 3. The van der Waals surface area contributed by atoms with Crippen LogP contribution in [0.1, 0.15) is 39.3 Å². The van der Waals surface area contributed by atoms with Crippen LogP contribution < -0.4 is 16.0 Å². The van der Waals surface area contributed by atoms with Crippen molar-refractivity contribution in [2.75, 3.05) is 17.2 Å². The van der Waals surface area contributed by atoms with Crippen molar-refractivity contribution in [3.8, 4) is 0 Å². The van der Waals surface area contributed by atoms with E-state index in [0.717, 1.165) is 12.1 Å². The molecule has 3 rings (SSSR count). The van der Waals surface area contributed by atoms with Crippen LogP contribution in [0.3, 0.4) is 0 Å². The Morgan fingerprint density at radius 2 is 1.64 bits per heavy atom. The third-order valence-electron chi connectivity index (χ3n) is 4.50. The predicted molar refractivity (Wildman–Crippen MR) is 115 cm³/mol. The summed E-state index contributed by atoms with van der Waals surface area (Å²) in [5, 5.41) is 7.20. The Bertz CT molecular complexity index is 1110. The van der Waals surface area contributed by atoms with Gasteiger partial charge in [-0.2, -0.15) is 13.2 Å². The van der Waals surface area contributed by atoms with E-state index in [9.17, 15) is 27.6 Å². The topological polar surface area (TPSA) is 100 Å². The van der Waals surface area contributed by atoms with Gasteiger partial charge in [0.05, 0.1) is 17.5 Å². The SMILES string of the molecule is O=C(CCCNC(=O)c1ccccc1)Nc1ccc(NC(=O)c2ccco2)cc1C(F)(F)F. The molecule has 0 aliphatic carbocycles. The first kappa shape index (κ1) is 23.6. The van der Waals surface area contributed by atoms with Gasteiger partial charge < -0.3 is 20.4 Å². The zero-order valence-corrected chi connectivity index (χ0v) is 17.2. The highest BCUT2D eigenvalue weighted by Crippen LogP contribution is 2.36. The van der Waals surface area contributed by atoms with E-state index >= 15 is 0 Å². The van der Waals surface area contributed by atoms with Crippen LogP contribution in [0.25, 0.3) is 0 Å². The van der Waals surface area contributed by atoms with E-state index in [4.69, 9.17) is 4.42 Å². The summed E-state index contributed by atoms with van der Waals surface area (Å²) >= 11 is 0. The van der Waals surface area contributed by atoms with Crippen LogP contribution in [0.5, 0.6) is 0 Å². The number of carbonyl (C=O) groups is 3. The highest BCUT2D eigenvalue weighted by Gasteiger charge is 2.34. The molecule has 0 radical (unpaired) electrons. The van der Waals surface area contributed by atoms with Crippen molar-refractivity contribution in [2.24, 2.45) is 0 Å². The minimum Gasteiger partial charge on any atom is -0.459 e. The molecular formula is C23H20F3N3O4. The average Bonchev–Trinajstić information content (AvgIpc) is 3.33. The summed E-state index contributed by atoms with van der Waals surface area (Å²) in [6, 6.07) is 14.4. The fourth-order valence-electron chi connectivity index (χ4n) is 2.92. The highest BCUT2D eigenvalue weighted by atomic mass is 19.4. The molecule has 0 unspecified atom stereocenters. The predicted octanol–water partition coefficient (Wildman–Crippen LogP) is 4.70. The third-order valence-corrected chi connectivity index (χ3v) is 4.50. The van der Waals surface area contributed by atoms with Crippen LogP contribution in [0.15, 0.2) is 71.3 Å². The quantitative estimate of drug-likeness (QED) is 0.425. The Hall–Kier alpha value is -4.08. The molecule has 33 heavy (non-hydrogen) atoms. The number of hydrogen-bond acceptors (Lipinski definition) is 4. The normalized spacial score (nSPS) is 11.0. The van der Waals surface area contributed by atoms with E-state index in [2.05, 4.69) is 16.0 Å². The molecule has 0 saturated carbocycles. The first-order chi connectivity index (χ1) is 15.7. The molecule has 1 aromatic heterocycles. The molecule has 172 valence electrons. The van der Waals surface area contributed by atoms with Crippen molar-refractivity contribution in [2.45, 2.75) is 19.0 Å². The first-order valence-electron chi connectivity index (χ1n) is 9.93. The van der Waals surface area contributed by atoms with Crippen molar-refractivity contribution < 1.29 is 32.0 Å². The fraction of sp³-hybridized carbons (Fsp3) is 0.174. The van der Waals surface area contributed by atoms with Gasteiger partial charge in [-0.05, 0) is 48.9 Å². The first-order valence-corrected chi connectivity index (χ1v) is 9.93. The van der Waals surface area contributed by atoms with Gasteiger partial charge in [-0.25, -0.2) is 0 Å². The molecule has 2 aromatic carbocycles. The number of amides is 3. The van der Waals surface area contributed by atoms with Gasteiger partial charge in [0.15, 0.2) is 5.76 Å². The number of nitrogens with one attached hydrogen (secondary N) is 3. The van der Waals surface area contributed by atoms with Gasteiger partial charge in [0, 0.05) is 24.2 Å². The van der Waals surface area contributed by atoms with Gasteiger partial charge in [0.2, 0.25) is 5.91 Å². The Labute approximate surface area is 187 Å². The second-order valence-electron chi connectivity index (χ2n) is 6.96. The Kier molecular flexibility index (Phi) is 7.50. The number of furan rings is 1. The maximum Gasteiger partial charge on any atom is 0.418 e. The molecule has 7 nitrogen and oxygen atoms in total. The van der Waals surface area contributed by atoms with Gasteiger partial charge in [0.25, 0.3) is 11.8 Å². The minimum atomic E-state index is -4.77. The summed E-state index contributed by atoms with van der Waals surface area (Å²) in [4.78, 5) is 36.1. The maximum absolute atomic E-state index is 13.5. The molecule has 0 spiro atoms. The number of halogens is 3. The van der Waals surface area contributed by atoms with Crippen LogP contribution in [0.2, 0.25) is 0 Å². The third kappa shape index (κ3) is 6.70. The van der Waals surface area contributed by atoms with E-state index in [0.29, 0.717) is 5.56 Å². The lowest BCUT2D eigenvalue weighted by molar-refractivity contribution is -0.136. The molecule has 3 aromatic rings. The standard InChI is InChI=1S/C23H20F3N3O4/c24-23(25,26)17-14-16(28-22(32)19-8-5-13-33-19)10-11-18(17)29-20(30)9-4-12-27-21(31)15-6-2-1-3-7-15/h1-3,5-8,10-11,13-14H,4,9,12H2,(H,27,31)(H,28,32)(H,29,30). The van der Waals surface area contributed by atoms with Crippen molar-refractivity contribution in [1.82, 2.24) is 5.32 Å². The van der Waals surface area contributed by atoms with Crippen molar-refractivity contribution in [1.29, 1.82) is 0 Å². The lowest BCUT2D eigenvalue weighted by Gasteiger charge is -2.16.